The van der Waals surface area contributed by atoms with Gasteiger partial charge in [-0.3, -0.25) is 4.79 Å². The maximum absolute atomic E-state index is 11.2. The molecule has 0 radical (unpaired) electrons. The number of aliphatic hydroxyl groups is 2. The molecule has 2 aromatic rings. The Morgan fingerprint density at radius 3 is 3.05 bits per heavy atom. The van der Waals surface area contributed by atoms with E-state index < -0.39 is 12.2 Å². The molecule has 1 aliphatic rings. The van der Waals surface area contributed by atoms with E-state index in [9.17, 15) is 9.90 Å². The van der Waals surface area contributed by atoms with Crippen LogP contribution in [0.3, 0.4) is 0 Å². The Hall–Kier alpha value is -2.03. The van der Waals surface area contributed by atoms with Crippen LogP contribution in [0, 0.1) is 0 Å². The van der Waals surface area contributed by atoms with Crippen LogP contribution in [0.4, 0.5) is 0 Å². The molecule has 3 atom stereocenters. The summed E-state index contributed by atoms with van der Waals surface area (Å²) in [4.78, 5) is 22.0. The SMILES string of the molecule is O=c1ccnc(-c2cn([C@H]3C[C@@H](O)[C@@H](CO)O3)cn2)[nH]1. The fourth-order valence-corrected chi connectivity index (χ4v) is 2.18. The quantitative estimate of drug-likeness (QED) is 0.682. The molecule has 8 nitrogen and oxygen atoms in total. The standard InChI is InChI=1S/C12H14N4O4/c17-5-9-8(18)3-11(20-9)16-4-7(14-6-16)12-13-2-1-10(19)15-12/h1-2,4,6,8-9,11,17-18H,3,5H2,(H,13,15,19)/t8-,9-,11-/m1/s1. The molecule has 0 amide bonds. The second-order valence-corrected chi connectivity index (χ2v) is 4.60. The molecule has 0 unspecified atom stereocenters. The topological polar surface area (TPSA) is 113 Å². The number of aromatic nitrogens is 4. The summed E-state index contributed by atoms with van der Waals surface area (Å²) in [7, 11) is 0. The predicted molar refractivity (Wildman–Crippen MR) is 67.7 cm³/mol. The number of imidazole rings is 1. The zero-order valence-electron chi connectivity index (χ0n) is 10.5. The molecule has 106 valence electrons. The van der Waals surface area contributed by atoms with E-state index in [1.807, 2.05) is 0 Å². The Kier molecular flexibility index (Phi) is 3.35. The number of rotatable bonds is 3. The van der Waals surface area contributed by atoms with Gasteiger partial charge >= 0.3 is 0 Å². The summed E-state index contributed by atoms with van der Waals surface area (Å²) >= 11 is 0. The predicted octanol–water partition coefficient (Wildman–Crippen LogP) is -0.726. The third kappa shape index (κ3) is 2.36. The number of hydrogen-bond acceptors (Lipinski definition) is 6. The van der Waals surface area contributed by atoms with Crippen molar-refractivity contribution < 1.29 is 14.9 Å². The Balaban J connectivity index is 1.83. The van der Waals surface area contributed by atoms with Crippen molar-refractivity contribution in [1.82, 2.24) is 19.5 Å². The number of aromatic amines is 1. The molecule has 0 aliphatic carbocycles. The first-order valence-corrected chi connectivity index (χ1v) is 6.21. The highest BCUT2D eigenvalue weighted by molar-refractivity contribution is 5.46. The van der Waals surface area contributed by atoms with Crippen LogP contribution in [0.1, 0.15) is 12.6 Å². The van der Waals surface area contributed by atoms with E-state index in [2.05, 4.69) is 15.0 Å². The monoisotopic (exact) mass is 278 g/mol. The van der Waals surface area contributed by atoms with Crippen molar-refractivity contribution in [2.75, 3.05) is 6.61 Å². The first-order valence-electron chi connectivity index (χ1n) is 6.21. The normalized spacial score (nSPS) is 26.0. The van der Waals surface area contributed by atoms with Crippen molar-refractivity contribution in [2.24, 2.45) is 0 Å². The third-order valence-corrected chi connectivity index (χ3v) is 3.23. The van der Waals surface area contributed by atoms with E-state index >= 15 is 0 Å². The van der Waals surface area contributed by atoms with E-state index in [1.54, 1.807) is 17.1 Å². The fourth-order valence-electron chi connectivity index (χ4n) is 2.18. The lowest BCUT2D eigenvalue weighted by Gasteiger charge is -2.12. The summed E-state index contributed by atoms with van der Waals surface area (Å²) in [6.07, 6.45) is 3.32. The largest absolute Gasteiger partial charge is 0.394 e. The Bertz CT molecular complexity index is 653. The summed E-state index contributed by atoms with van der Waals surface area (Å²) in [6, 6.07) is 1.32. The second-order valence-electron chi connectivity index (χ2n) is 4.60. The summed E-state index contributed by atoms with van der Waals surface area (Å²) in [6.45, 7) is -0.229. The van der Waals surface area contributed by atoms with Gasteiger partial charge in [0.1, 0.15) is 18.0 Å². The molecule has 20 heavy (non-hydrogen) atoms. The van der Waals surface area contributed by atoms with Crippen molar-refractivity contribution in [3.05, 3.63) is 35.1 Å². The molecule has 3 rings (SSSR count). The number of nitrogens with zero attached hydrogens (tertiary/aromatic N) is 3. The lowest BCUT2D eigenvalue weighted by Crippen LogP contribution is -2.24. The Morgan fingerprint density at radius 1 is 1.50 bits per heavy atom. The highest BCUT2D eigenvalue weighted by Crippen LogP contribution is 2.29. The maximum Gasteiger partial charge on any atom is 0.251 e. The van der Waals surface area contributed by atoms with Crippen molar-refractivity contribution >= 4 is 0 Å². The molecular formula is C12H14N4O4. The molecular weight excluding hydrogens is 264 g/mol. The maximum atomic E-state index is 11.2. The number of hydrogen-bond donors (Lipinski definition) is 3. The molecule has 0 spiro atoms. The van der Waals surface area contributed by atoms with Gasteiger partial charge in [-0.1, -0.05) is 0 Å². The van der Waals surface area contributed by atoms with Crippen molar-refractivity contribution in [2.45, 2.75) is 24.9 Å². The van der Waals surface area contributed by atoms with E-state index in [1.165, 1.54) is 12.3 Å². The average molecular weight is 278 g/mol. The van der Waals surface area contributed by atoms with Crippen LogP contribution in [-0.2, 0) is 4.74 Å². The second kappa shape index (κ2) is 5.16. The van der Waals surface area contributed by atoms with Crippen molar-refractivity contribution in [1.29, 1.82) is 0 Å². The van der Waals surface area contributed by atoms with Crippen molar-refractivity contribution in [3.63, 3.8) is 0 Å². The lowest BCUT2D eigenvalue weighted by molar-refractivity contribution is -0.0443. The van der Waals surface area contributed by atoms with Gasteiger partial charge in [-0.15, -0.1) is 0 Å². The zero-order chi connectivity index (χ0) is 14.1. The third-order valence-electron chi connectivity index (χ3n) is 3.23. The van der Waals surface area contributed by atoms with Gasteiger partial charge < -0.3 is 24.5 Å². The number of aliphatic hydroxyl groups excluding tert-OH is 2. The average Bonchev–Trinajstić information content (AvgIpc) is 3.05. The highest BCUT2D eigenvalue weighted by atomic mass is 16.5. The molecule has 0 aromatic carbocycles. The van der Waals surface area contributed by atoms with Gasteiger partial charge in [0.2, 0.25) is 0 Å². The lowest BCUT2D eigenvalue weighted by atomic mass is 10.2. The minimum absolute atomic E-state index is 0.229. The molecule has 1 aliphatic heterocycles. The first kappa shape index (κ1) is 13.0. The van der Waals surface area contributed by atoms with Gasteiger partial charge in [-0.25, -0.2) is 9.97 Å². The molecule has 2 aromatic heterocycles. The van der Waals surface area contributed by atoms with Crippen LogP contribution in [0.2, 0.25) is 0 Å². The van der Waals surface area contributed by atoms with Crippen LogP contribution in [0.15, 0.2) is 29.6 Å². The van der Waals surface area contributed by atoms with E-state index in [0.717, 1.165) is 0 Å². The van der Waals surface area contributed by atoms with Gasteiger partial charge in [0, 0.05) is 24.9 Å². The van der Waals surface area contributed by atoms with Gasteiger partial charge in [-0.05, 0) is 0 Å². The molecule has 0 saturated carbocycles. The van der Waals surface area contributed by atoms with Gasteiger partial charge in [-0.2, -0.15) is 0 Å². The van der Waals surface area contributed by atoms with E-state index in [4.69, 9.17) is 9.84 Å². The molecule has 3 N–H and O–H groups in total. The smallest absolute Gasteiger partial charge is 0.251 e. The van der Waals surface area contributed by atoms with Gasteiger partial charge in [0.15, 0.2) is 5.82 Å². The zero-order valence-corrected chi connectivity index (χ0v) is 10.5. The first-order chi connectivity index (χ1) is 9.67. The number of H-pyrrole nitrogens is 1. The van der Waals surface area contributed by atoms with Crippen LogP contribution in [-0.4, -0.2) is 48.5 Å². The van der Waals surface area contributed by atoms with Crippen LogP contribution in [0.5, 0.6) is 0 Å². The molecule has 3 heterocycles. The van der Waals surface area contributed by atoms with Crippen LogP contribution < -0.4 is 5.56 Å². The van der Waals surface area contributed by atoms with Crippen LogP contribution in [0.25, 0.3) is 11.5 Å². The summed E-state index contributed by atoms with van der Waals surface area (Å²) in [5, 5.41) is 18.8. The van der Waals surface area contributed by atoms with Crippen LogP contribution >= 0.6 is 0 Å². The summed E-state index contributed by atoms with van der Waals surface area (Å²) in [5.41, 5.74) is 0.255. The van der Waals surface area contributed by atoms with Gasteiger partial charge in [0.05, 0.1) is 19.0 Å². The minimum atomic E-state index is -0.703. The van der Waals surface area contributed by atoms with Gasteiger partial charge in [0.25, 0.3) is 5.56 Å². The number of ether oxygens (including phenoxy) is 1. The number of nitrogens with one attached hydrogen (secondary N) is 1. The summed E-state index contributed by atoms with van der Waals surface area (Å²) < 4.78 is 7.19. The Morgan fingerprint density at radius 2 is 2.35 bits per heavy atom. The van der Waals surface area contributed by atoms with E-state index in [0.29, 0.717) is 17.9 Å². The minimum Gasteiger partial charge on any atom is -0.394 e. The highest BCUT2D eigenvalue weighted by Gasteiger charge is 2.34. The Labute approximate surface area is 113 Å². The molecule has 8 heteroatoms. The van der Waals surface area contributed by atoms with Crippen molar-refractivity contribution in [3.8, 4) is 11.5 Å². The fraction of sp³-hybridized carbons (Fsp3) is 0.417. The molecule has 1 fully saturated rings. The molecule has 1 saturated heterocycles. The summed E-state index contributed by atoms with van der Waals surface area (Å²) in [5.74, 6) is 0.369. The molecule has 0 bridgehead atoms. The van der Waals surface area contributed by atoms with E-state index in [-0.39, 0.29) is 18.4 Å².